The van der Waals surface area contributed by atoms with Crippen LogP contribution >= 0.6 is 15.9 Å². The molecular formula is C9H9BrF2O. The minimum Gasteiger partial charge on any atom is -0.487 e. The lowest BCUT2D eigenvalue weighted by molar-refractivity contribution is 0.0815. The van der Waals surface area contributed by atoms with Gasteiger partial charge < -0.3 is 4.74 Å². The van der Waals surface area contributed by atoms with Crippen LogP contribution in [-0.4, -0.2) is 13.0 Å². The molecule has 0 fully saturated rings. The predicted octanol–water partition coefficient (Wildman–Crippen LogP) is 3.23. The first-order valence-electron chi connectivity index (χ1n) is 3.79. The number of alkyl halides is 3. The fourth-order valence-electron chi connectivity index (χ4n) is 0.908. The average Bonchev–Trinajstić information content (AvgIpc) is 2.15. The Bertz CT molecular complexity index is 266. The van der Waals surface area contributed by atoms with E-state index in [4.69, 9.17) is 4.74 Å². The van der Waals surface area contributed by atoms with Crippen molar-refractivity contribution in [2.24, 2.45) is 0 Å². The molecule has 1 nitrogen and oxygen atoms in total. The van der Waals surface area contributed by atoms with Crippen LogP contribution in [0.2, 0.25) is 0 Å². The van der Waals surface area contributed by atoms with E-state index in [1.165, 1.54) is 0 Å². The average molecular weight is 251 g/mol. The molecule has 0 aromatic heterocycles. The number of rotatable bonds is 4. The number of hydrogen-bond donors (Lipinski definition) is 0. The van der Waals surface area contributed by atoms with Crippen molar-refractivity contribution in [1.82, 2.24) is 0 Å². The highest BCUT2D eigenvalue weighted by Gasteiger charge is 2.05. The highest BCUT2D eigenvalue weighted by atomic mass is 79.9. The Labute approximate surface area is 83.8 Å². The second-order valence-corrected chi connectivity index (χ2v) is 3.00. The molecule has 0 spiro atoms. The third-order valence-electron chi connectivity index (χ3n) is 1.48. The minimum absolute atomic E-state index is 0.514. The Kier molecular flexibility index (Phi) is 4.15. The van der Waals surface area contributed by atoms with Gasteiger partial charge in [-0.05, 0) is 6.07 Å². The molecule has 0 heterocycles. The molecule has 0 unspecified atom stereocenters. The van der Waals surface area contributed by atoms with Crippen LogP contribution in [0.25, 0.3) is 0 Å². The van der Waals surface area contributed by atoms with Crippen LogP contribution in [0.15, 0.2) is 24.3 Å². The number of para-hydroxylation sites is 1. The Balaban J connectivity index is 2.64. The Morgan fingerprint density at radius 3 is 2.62 bits per heavy atom. The van der Waals surface area contributed by atoms with Gasteiger partial charge in [0.2, 0.25) is 0 Å². The monoisotopic (exact) mass is 250 g/mol. The first-order chi connectivity index (χ1) is 6.24. The van der Waals surface area contributed by atoms with E-state index >= 15 is 0 Å². The molecule has 0 N–H and O–H groups in total. The van der Waals surface area contributed by atoms with Crippen molar-refractivity contribution in [3.8, 4) is 5.75 Å². The van der Waals surface area contributed by atoms with E-state index in [1.54, 1.807) is 12.1 Å². The first-order valence-corrected chi connectivity index (χ1v) is 4.91. The smallest absolute Gasteiger partial charge is 0.272 e. The zero-order chi connectivity index (χ0) is 9.68. The minimum atomic E-state index is -2.43. The quantitative estimate of drug-likeness (QED) is 0.746. The van der Waals surface area contributed by atoms with Crippen LogP contribution < -0.4 is 4.74 Å². The molecule has 72 valence electrons. The van der Waals surface area contributed by atoms with Crippen LogP contribution in [0.5, 0.6) is 5.75 Å². The second kappa shape index (κ2) is 5.17. The largest absolute Gasteiger partial charge is 0.487 e. The molecule has 1 aromatic rings. The van der Waals surface area contributed by atoms with Gasteiger partial charge in [0.1, 0.15) is 12.4 Å². The first kappa shape index (κ1) is 10.4. The molecule has 13 heavy (non-hydrogen) atoms. The number of hydrogen-bond acceptors (Lipinski definition) is 1. The maximum atomic E-state index is 11.8. The van der Waals surface area contributed by atoms with E-state index in [0.717, 1.165) is 5.56 Å². The topological polar surface area (TPSA) is 9.23 Å². The van der Waals surface area contributed by atoms with Crippen molar-refractivity contribution in [3.63, 3.8) is 0 Å². The van der Waals surface area contributed by atoms with Crippen LogP contribution in [-0.2, 0) is 5.33 Å². The molecule has 1 rings (SSSR count). The molecule has 0 aliphatic carbocycles. The fourth-order valence-corrected chi connectivity index (χ4v) is 1.37. The van der Waals surface area contributed by atoms with Crippen LogP contribution in [0.1, 0.15) is 5.56 Å². The lowest BCUT2D eigenvalue weighted by Crippen LogP contribution is -2.07. The second-order valence-electron chi connectivity index (χ2n) is 2.44. The van der Waals surface area contributed by atoms with Gasteiger partial charge in [0.25, 0.3) is 6.43 Å². The summed E-state index contributed by atoms with van der Waals surface area (Å²) in [6.07, 6.45) is -2.43. The summed E-state index contributed by atoms with van der Waals surface area (Å²) in [5, 5.41) is 0.604. The summed E-state index contributed by atoms with van der Waals surface area (Å²) in [5.41, 5.74) is 0.878. The van der Waals surface area contributed by atoms with Gasteiger partial charge in [-0.15, -0.1) is 0 Å². The highest BCUT2D eigenvalue weighted by Crippen LogP contribution is 2.20. The SMILES string of the molecule is FC(F)COc1ccccc1CBr. The molecular weight excluding hydrogens is 242 g/mol. The van der Waals surface area contributed by atoms with Gasteiger partial charge in [-0.3, -0.25) is 0 Å². The molecule has 0 aliphatic rings. The maximum Gasteiger partial charge on any atom is 0.272 e. The third kappa shape index (κ3) is 3.30. The molecule has 0 bridgehead atoms. The molecule has 0 aliphatic heterocycles. The Morgan fingerprint density at radius 2 is 2.00 bits per heavy atom. The van der Waals surface area contributed by atoms with Crippen molar-refractivity contribution >= 4 is 15.9 Å². The van der Waals surface area contributed by atoms with E-state index in [-0.39, 0.29) is 0 Å². The molecule has 0 radical (unpaired) electrons. The standard InChI is InChI=1S/C9H9BrF2O/c10-5-7-3-1-2-4-8(7)13-6-9(11)12/h1-4,9H,5-6H2. The van der Waals surface area contributed by atoms with Crippen LogP contribution in [0, 0.1) is 0 Å². The molecule has 0 amide bonds. The van der Waals surface area contributed by atoms with E-state index in [0.29, 0.717) is 11.1 Å². The summed E-state index contributed by atoms with van der Waals surface area (Å²) in [7, 11) is 0. The number of benzene rings is 1. The van der Waals surface area contributed by atoms with Crippen molar-refractivity contribution in [3.05, 3.63) is 29.8 Å². The van der Waals surface area contributed by atoms with Crippen LogP contribution in [0.3, 0.4) is 0 Å². The molecule has 1 aromatic carbocycles. The van der Waals surface area contributed by atoms with E-state index in [2.05, 4.69) is 15.9 Å². The van der Waals surface area contributed by atoms with E-state index < -0.39 is 13.0 Å². The maximum absolute atomic E-state index is 11.8. The molecule has 0 atom stereocenters. The summed E-state index contributed by atoms with van der Waals surface area (Å²) < 4.78 is 28.5. The van der Waals surface area contributed by atoms with Gasteiger partial charge >= 0.3 is 0 Å². The number of ether oxygens (including phenoxy) is 1. The van der Waals surface area contributed by atoms with E-state index in [1.807, 2.05) is 12.1 Å². The molecule has 0 saturated heterocycles. The lowest BCUT2D eigenvalue weighted by atomic mass is 10.2. The Hall–Kier alpha value is -0.640. The summed E-state index contributed by atoms with van der Waals surface area (Å²) in [6, 6.07) is 7.10. The normalized spacial score (nSPS) is 10.5. The zero-order valence-electron chi connectivity index (χ0n) is 6.84. The summed E-state index contributed by atoms with van der Waals surface area (Å²) in [5.74, 6) is 0.514. The van der Waals surface area contributed by atoms with Crippen molar-refractivity contribution in [2.45, 2.75) is 11.8 Å². The van der Waals surface area contributed by atoms with Gasteiger partial charge in [0.15, 0.2) is 0 Å². The third-order valence-corrected chi connectivity index (χ3v) is 2.09. The summed E-state index contributed by atoms with van der Waals surface area (Å²) in [4.78, 5) is 0. The molecule has 0 saturated carbocycles. The van der Waals surface area contributed by atoms with Crippen LogP contribution in [0.4, 0.5) is 8.78 Å². The number of halogens is 3. The van der Waals surface area contributed by atoms with Gasteiger partial charge in [-0.1, -0.05) is 34.1 Å². The van der Waals surface area contributed by atoms with Crippen molar-refractivity contribution in [2.75, 3.05) is 6.61 Å². The molecule has 4 heteroatoms. The predicted molar refractivity (Wildman–Crippen MR) is 50.6 cm³/mol. The van der Waals surface area contributed by atoms with Gasteiger partial charge in [0, 0.05) is 10.9 Å². The Morgan fingerprint density at radius 1 is 1.31 bits per heavy atom. The summed E-state index contributed by atoms with van der Waals surface area (Å²) >= 11 is 3.25. The zero-order valence-corrected chi connectivity index (χ0v) is 8.43. The fraction of sp³-hybridized carbons (Fsp3) is 0.333. The highest BCUT2D eigenvalue weighted by molar-refractivity contribution is 9.08. The van der Waals surface area contributed by atoms with Crippen molar-refractivity contribution in [1.29, 1.82) is 0 Å². The lowest BCUT2D eigenvalue weighted by Gasteiger charge is -2.08. The van der Waals surface area contributed by atoms with Crippen molar-refractivity contribution < 1.29 is 13.5 Å². The van der Waals surface area contributed by atoms with E-state index in [9.17, 15) is 8.78 Å². The van der Waals surface area contributed by atoms with Gasteiger partial charge in [-0.2, -0.15) is 0 Å². The summed E-state index contributed by atoms with van der Waals surface area (Å²) in [6.45, 7) is -0.552. The van der Waals surface area contributed by atoms with Gasteiger partial charge in [-0.25, -0.2) is 8.78 Å². The van der Waals surface area contributed by atoms with Gasteiger partial charge in [0.05, 0.1) is 0 Å².